The van der Waals surface area contributed by atoms with Gasteiger partial charge < -0.3 is 15.4 Å². The first kappa shape index (κ1) is 13.3. The van der Waals surface area contributed by atoms with E-state index in [0.29, 0.717) is 5.92 Å². The van der Waals surface area contributed by atoms with Crippen LogP contribution in [0.15, 0.2) is 0 Å². The smallest absolute Gasteiger partial charge is 0.261 e. The highest BCUT2D eigenvalue weighted by atomic mass is 19.3. The van der Waals surface area contributed by atoms with Crippen molar-refractivity contribution in [2.75, 3.05) is 32.8 Å². The van der Waals surface area contributed by atoms with Gasteiger partial charge in [-0.15, -0.1) is 0 Å². The second-order valence-corrected chi connectivity index (χ2v) is 3.96. The Bertz CT molecular complexity index is 223. The van der Waals surface area contributed by atoms with Gasteiger partial charge >= 0.3 is 0 Å². The van der Waals surface area contributed by atoms with Crippen molar-refractivity contribution >= 4 is 5.91 Å². The fraction of sp³-hybridized carbons (Fsp3) is 0.900. The fourth-order valence-corrected chi connectivity index (χ4v) is 1.46. The molecule has 0 aliphatic carbocycles. The standard InChI is InChI=1S/C10H18F2N2O2/c1-7(8-4-13-5-8)10(15)14-2-3-16-6-9(11)12/h7-9,13H,2-6H2,1H3,(H,14,15). The summed E-state index contributed by atoms with van der Waals surface area (Å²) in [6.45, 7) is 3.47. The lowest BCUT2D eigenvalue weighted by atomic mass is 9.88. The zero-order valence-electron chi connectivity index (χ0n) is 9.34. The largest absolute Gasteiger partial charge is 0.374 e. The molecule has 1 rings (SSSR count). The summed E-state index contributed by atoms with van der Waals surface area (Å²) >= 11 is 0. The third kappa shape index (κ3) is 4.40. The second kappa shape index (κ2) is 6.75. The van der Waals surface area contributed by atoms with Crippen LogP contribution in [0.1, 0.15) is 6.92 Å². The first-order chi connectivity index (χ1) is 7.61. The molecule has 0 aromatic rings. The van der Waals surface area contributed by atoms with Crippen LogP contribution in [0.25, 0.3) is 0 Å². The molecule has 0 aromatic carbocycles. The molecule has 0 radical (unpaired) electrons. The highest BCUT2D eigenvalue weighted by molar-refractivity contribution is 5.78. The number of carbonyl (C=O) groups is 1. The number of hydrogen-bond acceptors (Lipinski definition) is 3. The minimum atomic E-state index is -2.45. The van der Waals surface area contributed by atoms with Gasteiger partial charge in [0.15, 0.2) is 0 Å². The van der Waals surface area contributed by atoms with E-state index in [2.05, 4.69) is 15.4 Å². The number of amides is 1. The van der Waals surface area contributed by atoms with Gasteiger partial charge in [-0.25, -0.2) is 8.78 Å². The Labute approximate surface area is 93.7 Å². The SMILES string of the molecule is CC(C(=O)NCCOCC(F)F)C1CNC1. The minimum Gasteiger partial charge on any atom is -0.374 e. The zero-order chi connectivity index (χ0) is 12.0. The van der Waals surface area contributed by atoms with Crippen LogP contribution in [0.3, 0.4) is 0 Å². The van der Waals surface area contributed by atoms with Crippen LogP contribution in [0, 0.1) is 11.8 Å². The highest BCUT2D eigenvalue weighted by Crippen LogP contribution is 2.15. The van der Waals surface area contributed by atoms with Crippen LogP contribution in [-0.2, 0) is 9.53 Å². The predicted molar refractivity (Wildman–Crippen MR) is 55.4 cm³/mol. The van der Waals surface area contributed by atoms with E-state index < -0.39 is 13.0 Å². The minimum absolute atomic E-state index is 0.0312. The molecule has 0 aromatic heterocycles. The van der Waals surface area contributed by atoms with Gasteiger partial charge in [-0.2, -0.15) is 0 Å². The third-order valence-electron chi connectivity index (χ3n) is 2.72. The molecule has 0 saturated carbocycles. The van der Waals surface area contributed by atoms with E-state index in [9.17, 15) is 13.6 Å². The Morgan fingerprint density at radius 3 is 2.75 bits per heavy atom. The average molecular weight is 236 g/mol. The van der Waals surface area contributed by atoms with Crippen molar-refractivity contribution in [3.05, 3.63) is 0 Å². The van der Waals surface area contributed by atoms with Crippen molar-refractivity contribution in [1.82, 2.24) is 10.6 Å². The number of carbonyl (C=O) groups excluding carboxylic acids is 1. The van der Waals surface area contributed by atoms with Crippen LogP contribution in [-0.4, -0.2) is 45.2 Å². The Morgan fingerprint density at radius 1 is 1.56 bits per heavy atom. The summed E-state index contributed by atoms with van der Waals surface area (Å²) in [5.41, 5.74) is 0. The van der Waals surface area contributed by atoms with E-state index >= 15 is 0 Å². The molecule has 1 aliphatic heterocycles. The normalized spacial score (nSPS) is 18.2. The topological polar surface area (TPSA) is 50.4 Å². The second-order valence-electron chi connectivity index (χ2n) is 3.96. The Kier molecular flexibility index (Phi) is 5.62. The van der Waals surface area contributed by atoms with Crippen molar-refractivity contribution in [1.29, 1.82) is 0 Å². The maximum atomic E-state index is 11.7. The van der Waals surface area contributed by atoms with Crippen LogP contribution < -0.4 is 10.6 Å². The molecule has 1 heterocycles. The van der Waals surface area contributed by atoms with Crippen molar-refractivity contribution in [2.24, 2.45) is 11.8 Å². The van der Waals surface area contributed by atoms with Crippen LogP contribution >= 0.6 is 0 Å². The maximum Gasteiger partial charge on any atom is 0.261 e. The molecule has 1 unspecified atom stereocenters. The highest BCUT2D eigenvalue weighted by Gasteiger charge is 2.28. The molecule has 0 bridgehead atoms. The number of halogens is 2. The first-order valence-electron chi connectivity index (χ1n) is 5.45. The number of ether oxygens (including phenoxy) is 1. The number of nitrogens with one attached hydrogen (secondary N) is 2. The van der Waals surface area contributed by atoms with Gasteiger partial charge in [-0.1, -0.05) is 6.92 Å². The van der Waals surface area contributed by atoms with E-state index in [4.69, 9.17) is 0 Å². The Morgan fingerprint density at radius 2 is 2.25 bits per heavy atom. The molecule has 1 amide bonds. The quantitative estimate of drug-likeness (QED) is 0.623. The van der Waals surface area contributed by atoms with Gasteiger partial charge in [0.25, 0.3) is 6.43 Å². The van der Waals surface area contributed by atoms with Crippen molar-refractivity contribution in [3.8, 4) is 0 Å². The summed E-state index contributed by atoms with van der Waals surface area (Å²) in [5.74, 6) is 0.325. The van der Waals surface area contributed by atoms with Crippen molar-refractivity contribution in [3.63, 3.8) is 0 Å². The van der Waals surface area contributed by atoms with Gasteiger partial charge in [0.05, 0.1) is 6.61 Å². The molecule has 16 heavy (non-hydrogen) atoms. The summed E-state index contributed by atoms with van der Waals surface area (Å²) in [4.78, 5) is 11.5. The number of alkyl halides is 2. The molecule has 1 fully saturated rings. The number of hydrogen-bond donors (Lipinski definition) is 2. The zero-order valence-corrected chi connectivity index (χ0v) is 9.34. The molecule has 2 N–H and O–H groups in total. The summed E-state index contributed by atoms with van der Waals surface area (Å²) in [6, 6.07) is 0. The van der Waals surface area contributed by atoms with Crippen LogP contribution in [0.5, 0.6) is 0 Å². The lowest BCUT2D eigenvalue weighted by Gasteiger charge is -2.31. The average Bonchev–Trinajstić information content (AvgIpc) is 2.13. The molecule has 6 heteroatoms. The summed E-state index contributed by atoms with van der Waals surface area (Å²) in [6.07, 6.45) is -2.45. The first-order valence-corrected chi connectivity index (χ1v) is 5.45. The van der Waals surface area contributed by atoms with E-state index in [1.165, 1.54) is 0 Å². The molecular weight excluding hydrogens is 218 g/mol. The van der Waals surface area contributed by atoms with E-state index in [-0.39, 0.29) is 25.0 Å². The Hall–Kier alpha value is -0.750. The van der Waals surface area contributed by atoms with Crippen molar-refractivity contribution in [2.45, 2.75) is 13.3 Å². The fourth-order valence-electron chi connectivity index (χ4n) is 1.46. The Balaban J connectivity index is 2.01. The predicted octanol–water partition coefficient (Wildman–Crippen LogP) is 0.240. The molecule has 0 spiro atoms. The molecule has 1 aliphatic rings. The van der Waals surface area contributed by atoms with E-state index in [1.54, 1.807) is 0 Å². The molecule has 1 saturated heterocycles. The van der Waals surface area contributed by atoms with Gasteiger partial charge in [0, 0.05) is 12.5 Å². The molecular formula is C10H18F2N2O2. The third-order valence-corrected chi connectivity index (χ3v) is 2.72. The van der Waals surface area contributed by atoms with Gasteiger partial charge in [-0.3, -0.25) is 4.79 Å². The van der Waals surface area contributed by atoms with Crippen molar-refractivity contribution < 1.29 is 18.3 Å². The lowest BCUT2D eigenvalue weighted by molar-refractivity contribution is -0.127. The molecule has 4 nitrogen and oxygen atoms in total. The van der Waals surface area contributed by atoms with Gasteiger partial charge in [0.2, 0.25) is 5.91 Å². The van der Waals surface area contributed by atoms with E-state index in [0.717, 1.165) is 13.1 Å². The molecule has 94 valence electrons. The summed E-state index contributed by atoms with van der Waals surface area (Å²) in [7, 11) is 0. The van der Waals surface area contributed by atoms with Crippen LogP contribution in [0.2, 0.25) is 0 Å². The summed E-state index contributed by atoms with van der Waals surface area (Å²) < 4.78 is 28.0. The monoisotopic (exact) mass is 236 g/mol. The summed E-state index contributed by atoms with van der Waals surface area (Å²) in [5, 5.41) is 5.77. The molecule has 1 atom stereocenters. The van der Waals surface area contributed by atoms with E-state index in [1.807, 2.05) is 6.92 Å². The lowest BCUT2D eigenvalue weighted by Crippen LogP contribution is -2.49. The maximum absolute atomic E-state index is 11.7. The van der Waals surface area contributed by atoms with Gasteiger partial charge in [-0.05, 0) is 19.0 Å². The van der Waals surface area contributed by atoms with Crippen LogP contribution in [0.4, 0.5) is 8.78 Å². The van der Waals surface area contributed by atoms with Gasteiger partial charge in [0.1, 0.15) is 6.61 Å². The number of rotatable bonds is 7.